The number of pyridine rings is 1. The molecule has 0 aliphatic carbocycles. The summed E-state index contributed by atoms with van der Waals surface area (Å²) in [5.74, 6) is 0. The van der Waals surface area contributed by atoms with E-state index in [2.05, 4.69) is 0 Å². The predicted molar refractivity (Wildman–Crippen MR) is 65.1 cm³/mol. The molecule has 0 atom stereocenters. The summed E-state index contributed by atoms with van der Waals surface area (Å²) in [6.45, 7) is 0.793. The molecular formula is C14H14F3N2+. The molecule has 0 saturated heterocycles. The molecule has 2 rings (SSSR count). The van der Waals surface area contributed by atoms with Gasteiger partial charge in [0.2, 0.25) is 0 Å². The van der Waals surface area contributed by atoms with Gasteiger partial charge in [-0.3, -0.25) is 0 Å². The maximum atomic E-state index is 12.6. The first-order valence-electron chi connectivity index (χ1n) is 5.83. The molecule has 0 saturated carbocycles. The van der Waals surface area contributed by atoms with Crippen LogP contribution in [0.4, 0.5) is 13.2 Å². The number of nitrogens with zero attached hydrogens (tertiary/aromatic N) is 1. The van der Waals surface area contributed by atoms with Crippen LogP contribution < -0.4 is 10.3 Å². The average molecular weight is 267 g/mol. The largest absolute Gasteiger partial charge is 0.416 e. The van der Waals surface area contributed by atoms with Crippen LogP contribution in [0.1, 0.15) is 16.7 Å². The zero-order valence-electron chi connectivity index (χ0n) is 10.2. The molecule has 0 fully saturated rings. The monoisotopic (exact) mass is 267 g/mol. The van der Waals surface area contributed by atoms with E-state index < -0.39 is 11.7 Å². The summed E-state index contributed by atoms with van der Waals surface area (Å²) in [5.41, 5.74) is 6.45. The number of rotatable bonds is 3. The van der Waals surface area contributed by atoms with Crippen molar-refractivity contribution >= 4 is 0 Å². The molecule has 1 aromatic carbocycles. The summed E-state index contributed by atoms with van der Waals surface area (Å²) in [5, 5.41) is 0. The fraction of sp³-hybridized carbons (Fsp3) is 0.214. The normalized spacial score (nSPS) is 11.6. The molecule has 100 valence electrons. The Balaban J connectivity index is 2.23. The molecule has 0 radical (unpaired) electrons. The summed E-state index contributed by atoms with van der Waals surface area (Å²) in [7, 11) is 0. The highest BCUT2D eigenvalue weighted by atomic mass is 19.4. The summed E-state index contributed by atoms with van der Waals surface area (Å²) in [6, 6.07) is 9.05. The van der Waals surface area contributed by atoms with E-state index in [4.69, 9.17) is 5.73 Å². The molecule has 0 unspecified atom stereocenters. The lowest BCUT2D eigenvalue weighted by Gasteiger charge is -2.07. The van der Waals surface area contributed by atoms with Crippen molar-refractivity contribution in [1.82, 2.24) is 0 Å². The Labute approximate surface area is 109 Å². The van der Waals surface area contributed by atoms with Gasteiger partial charge in [-0.25, -0.2) is 4.57 Å². The second-order valence-electron chi connectivity index (χ2n) is 4.29. The zero-order chi connectivity index (χ0) is 13.9. The lowest BCUT2D eigenvalue weighted by molar-refractivity contribution is -0.688. The number of hydrogen-bond donors (Lipinski definition) is 1. The molecule has 2 aromatic rings. The van der Waals surface area contributed by atoms with Gasteiger partial charge >= 0.3 is 6.18 Å². The highest BCUT2D eigenvalue weighted by molar-refractivity contribution is 5.25. The van der Waals surface area contributed by atoms with Crippen LogP contribution in [-0.2, 0) is 19.3 Å². The summed E-state index contributed by atoms with van der Waals surface area (Å²) >= 11 is 0. The highest BCUT2D eigenvalue weighted by Crippen LogP contribution is 2.29. The molecule has 2 nitrogen and oxygen atoms in total. The number of halogens is 3. The minimum atomic E-state index is -4.31. The summed E-state index contributed by atoms with van der Waals surface area (Å²) < 4.78 is 39.6. The maximum Gasteiger partial charge on any atom is 0.416 e. The van der Waals surface area contributed by atoms with Crippen LogP contribution in [0.25, 0.3) is 0 Å². The van der Waals surface area contributed by atoms with Crippen molar-refractivity contribution in [3.8, 4) is 0 Å². The topological polar surface area (TPSA) is 29.9 Å². The van der Waals surface area contributed by atoms with E-state index in [1.165, 1.54) is 12.1 Å². The lowest BCUT2D eigenvalue weighted by Crippen LogP contribution is -2.34. The molecule has 2 N–H and O–H groups in total. The summed E-state index contributed by atoms with van der Waals surface area (Å²) in [6.07, 6.45) is -0.667. The fourth-order valence-electron chi connectivity index (χ4n) is 1.85. The molecule has 0 aliphatic heterocycles. The first-order chi connectivity index (χ1) is 8.99. The van der Waals surface area contributed by atoms with Gasteiger partial charge in [-0.05, 0) is 18.2 Å². The quantitative estimate of drug-likeness (QED) is 0.851. The molecule has 0 bridgehead atoms. The van der Waals surface area contributed by atoms with Crippen LogP contribution in [0.15, 0.2) is 48.8 Å². The first-order valence-corrected chi connectivity index (χ1v) is 5.83. The SMILES string of the molecule is NCc1ccc[n+](Cc2cccc(C(F)(F)F)c2)c1. The first kappa shape index (κ1) is 13.5. The zero-order valence-corrected chi connectivity index (χ0v) is 10.2. The Morgan fingerprint density at radius 3 is 2.47 bits per heavy atom. The van der Waals surface area contributed by atoms with Gasteiger partial charge < -0.3 is 5.73 Å². The molecule has 1 heterocycles. The third-order valence-corrected chi connectivity index (χ3v) is 2.77. The van der Waals surface area contributed by atoms with E-state index in [9.17, 15) is 13.2 Å². The van der Waals surface area contributed by atoms with Crippen molar-refractivity contribution in [2.45, 2.75) is 19.3 Å². The maximum absolute atomic E-state index is 12.6. The molecular weight excluding hydrogens is 253 g/mol. The van der Waals surface area contributed by atoms with Gasteiger partial charge in [-0.2, -0.15) is 13.2 Å². The van der Waals surface area contributed by atoms with E-state index in [1.54, 1.807) is 12.3 Å². The van der Waals surface area contributed by atoms with E-state index in [1.807, 2.05) is 22.9 Å². The minimum absolute atomic E-state index is 0.387. The Kier molecular flexibility index (Phi) is 3.85. The number of alkyl halides is 3. The second-order valence-corrected chi connectivity index (χ2v) is 4.29. The van der Waals surface area contributed by atoms with Gasteiger partial charge in [0.25, 0.3) is 0 Å². The van der Waals surface area contributed by atoms with Crippen molar-refractivity contribution < 1.29 is 17.7 Å². The Morgan fingerprint density at radius 1 is 1.05 bits per heavy atom. The smallest absolute Gasteiger partial charge is 0.326 e. The van der Waals surface area contributed by atoms with Gasteiger partial charge in [-0.15, -0.1) is 0 Å². The van der Waals surface area contributed by atoms with Gasteiger partial charge in [0, 0.05) is 23.7 Å². The van der Waals surface area contributed by atoms with Crippen molar-refractivity contribution in [2.75, 3.05) is 0 Å². The van der Waals surface area contributed by atoms with Crippen molar-refractivity contribution in [1.29, 1.82) is 0 Å². The number of benzene rings is 1. The Hall–Kier alpha value is -1.88. The van der Waals surface area contributed by atoms with Crippen LogP contribution in [0.5, 0.6) is 0 Å². The van der Waals surface area contributed by atoms with Crippen LogP contribution >= 0.6 is 0 Å². The molecule has 5 heteroatoms. The third-order valence-electron chi connectivity index (χ3n) is 2.77. The van der Waals surface area contributed by atoms with Gasteiger partial charge in [0.15, 0.2) is 18.9 Å². The van der Waals surface area contributed by atoms with E-state index >= 15 is 0 Å². The van der Waals surface area contributed by atoms with Gasteiger partial charge in [0.1, 0.15) is 0 Å². The Bertz CT molecular complexity index is 565. The number of aromatic nitrogens is 1. The van der Waals surface area contributed by atoms with Crippen molar-refractivity contribution in [3.05, 3.63) is 65.5 Å². The number of hydrogen-bond acceptors (Lipinski definition) is 1. The van der Waals surface area contributed by atoms with Gasteiger partial charge in [0.05, 0.1) is 5.56 Å². The van der Waals surface area contributed by atoms with E-state index in [0.29, 0.717) is 18.7 Å². The van der Waals surface area contributed by atoms with Crippen molar-refractivity contribution in [2.24, 2.45) is 5.73 Å². The molecule has 0 aliphatic rings. The average Bonchev–Trinajstić information content (AvgIpc) is 2.38. The lowest BCUT2D eigenvalue weighted by atomic mass is 10.1. The van der Waals surface area contributed by atoms with Crippen LogP contribution in [-0.4, -0.2) is 0 Å². The minimum Gasteiger partial charge on any atom is -0.326 e. The molecule has 0 spiro atoms. The van der Waals surface area contributed by atoms with Gasteiger partial charge in [-0.1, -0.05) is 12.1 Å². The second kappa shape index (κ2) is 5.40. The van der Waals surface area contributed by atoms with E-state index in [0.717, 1.165) is 11.6 Å². The van der Waals surface area contributed by atoms with Crippen LogP contribution in [0.2, 0.25) is 0 Å². The van der Waals surface area contributed by atoms with E-state index in [-0.39, 0.29) is 0 Å². The molecule has 0 amide bonds. The molecule has 19 heavy (non-hydrogen) atoms. The fourth-order valence-corrected chi connectivity index (χ4v) is 1.85. The van der Waals surface area contributed by atoms with Crippen LogP contribution in [0.3, 0.4) is 0 Å². The highest BCUT2D eigenvalue weighted by Gasteiger charge is 2.30. The molecule has 1 aromatic heterocycles. The van der Waals surface area contributed by atoms with Crippen molar-refractivity contribution in [3.63, 3.8) is 0 Å². The third kappa shape index (κ3) is 3.54. The predicted octanol–water partition coefficient (Wildman–Crippen LogP) is 2.50. The Morgan fingerprint density at radius 2 is 1.79 bits per heavy atom. The van der Waals surface area contributed by atoms with Crippen LogP contribution in [0, 0.1) is 0 Å². The number of nitrogens with two attached hydrogens (primary N) is 1. The standard InChI is InChI=1S/C14H14F3N2/c15-14(16,17)13-5-1-3-11(7-13)9-19-6-2-4-12(8-18)10-19/h1-7,10H,8-9,18H2/q+1. The summed E-state index contributed by atoms with van der Waals surface area (Å²) in [4.78, 5) is 0.